The molecule has 5 nitrogen and oxygen atoms in total. The van der Waals surface area contributed by atoms with Crippen LogP contribution in [0.4, 0.5) is 5.69 Å². The lowest BCUT2D eigenvalue weighted by Crippen LogP contribution is -2.31. The van der Waals surface area contributed by atoms with Gasteiger partial charge in [0.2, 0.25) is 0 Å². The van der Waals surface area contributed by atoms with E-state index in [2.05, 4.69) is 6.07 Å². The van der Waals surface area contributed by atoms with Gasteiger partial charge in [-0.15, -0.1) is 23.1 Å². The van der Waals surface area contributed by atoms with Crippen LogP contribution >= 0.6 is 23.1 Å². The van der Waals surface area contributed by atoms with Crippen LogP contribution in [0.3, 0.4) is 0 Å². The van der Waals surface area contributed by atoms with Gasteiger partial charge in [-0.05, 0) is 49.6 Å². The number of para-hydroxylation sites is 1. The summed E-state index contributed by atoms with van der Waals surface area (Å²) >= 11 is 3.18. The maximum atomic E-state index is 13.6. The van der Waals surface area contributed by atoms with Crippen LogP contribution in [0.25, 0.3) is 10.2 Å². The Kier molecular flexibility index (Phi) is 4.95. The number of nitrogens with zero attached hydrogens (tertiary/aromatic N) is 3. The molecule has 1 aromatic carbocycles. The quantitative estimate of drug-likeness (QED) is 0.570. The molecule has 2 aliphatic rings. The SMILES string of the molecule is Cc1c(C(=O)N2CCCSc3ccccc32)sc2nc3n(c(=O)c12)CCCCC3. The first-order chi connectivity index (χ1) is 14.1. The predicted molar refractivity (Wildman–Crippen MR) is 120 cm³/mol. The number of amides is 1. The standard InChI is InChI=1S/C22H23N3O2S2/c1-14-18-20(23-17-10-3-2-6-11-25(17)21(18)26)29-19(14)22(27)24-12-7-13-28-16-9-5-4-8-15(16)24/h4-5,8-9H,2-3,6-7,10-13H2,1H3. The number of aromatic nitrogens is 2. The Hall–Kier alpha value is -2.12. The second-order valence-corrected chi connectivity index (χ2v) is 9.79. The van der Waals surface area contributed by atoms with Crippen molar-refractivity contribution in [2.45, 2.75) is 50.5 Å². The molecule has 150 valence electrons. The monoisotopic (exact) mass is 425 g/mol. The Morgan fingerprint density at radius 3 is 2.86 bits per heavy atom. The molecule has 3 aromatic rings. The molecule has 0 N–H and O–H groups in total. The van der Waals surface area contributed by atoms with E-state index in [4.69, 9.17) is 4.98 Å². The van der Waals surface area contributed by atoms with Crippen LogP contribution in [-0.2, 0) is 13.0 Å². The topological polar surface area (TPSA) is 55.2 Å². The molecule has 2 aromatic heterocycles. The molecule has 0 radical (unpaired) electrons. The predicted octanol–water partition coefficient (Wildman–Crippen LogP) is 4.64. The fraction of sp³-hybridized carbons (Fsp3) is 0.409. The van der Waals surface area contributed by atoms with Crippen molar-refractivity contribution in [2.24, 2.45) is 0 Å². The highest BCUT2D eigenvalue weighted by molar-refractivity contribution is 7.99. The average molecular weight is 426 g/mol. The molecule has 0 saturated carbocycles. The molecule has 0 spiro atoms. The minimum Gasteiger partial charge on any atom is -0.306 e. The van der Waals surface area contributed by atoms with Crippen molar-refractivity contribution in [3.63, 3.8) is 0 Å². The lowest BCUT2D eigenvalue weighted by Gasteiger charge is -2.22. The number of fused-ring (bicyclic) bond motifs is 3. The summed E-state index contributed by atoms with van der Waals surface area (Å²) in [7, 11) is 0. The molecule has 0 atom stereocenters. The number of anilines is 1. The summed E-state index contributed by atoms with van der Waals surface area (Å²) in [5.74, 6) is 1.86. The number of carbonyl (C=O) groups excluding carboxylic acids is 1. The molecule has 0 saturated heterocycles. The lowest BCUT2D eigenvalue weighted by atomic mass is 10.1. The maximum Gasteiger partial charge on any atom is 0.268 e. The summed E-state index contributed by atoms with van der Waals surface area (Å²) in [6.07, 6.45) is 4.99. The number of thioether (sulfide) groups is 1. The Bertz CT molecular complexity index is 1160. The number of hydrogen-bond donors (Lipinski definition) is 0. The van der Waals surface area contributed by atoms with E-state index in [1.165, 1.54) is 11.3 Å². The van der Waals surface area contributed by atoms with Crippen LogP contribution in [0, 0.1) is 6.92 Å². The number of rotatable bonds is 1. The van der Waals surface area contributed by atoms with Gasteiger partial charge in [-0.3, -0.25) is 14.2 Å². The second-order valence-electron chi connectivity index (χ2n) is 7.66. The van der Waals surface area contributed by atoms with Crippen molar-refractivity contribution in [1.82, 2.24) is 9.55 Å². The van der Waals surface area contributed by atoms with Crippen molar-refractivity contribution in [1.29, 1.82) is 0 Å². The molecule has 2 aliphatic heterocycles. The maximum absolute atomic E-state index is 13.6. The highest BCUT2D eigenvalue weighted by atomic mass is 32.2. The smallest absolute Gasteiger partial charge is 0.268 e. The molecule has 0 bridgehead atoms. The molecule has 29 heavy (non-hydrogen) atoms. The van der Waals surface area contributed by atoms with Gasteiger partial charge in [0, 0.05) is 24.4 Å². The van der Waals surface area contributed by atoms with Gasteiger partial charge in [0.1, 0.15) is 10.7 Å². The molecular weight excluding hydrogens is 402 g/mol. The van der Waals surface area contributed by atoms with E-state index >= 15 is 0 Å². The number of carbonyl (C=O) groups is 1. The van der Waals surface area contributed by atoms with E-state index in [0.717, 1.165) is 66.4 Å². The van der Waals surface area contributed by atoms with Crippen LogP contribution in [0.5, 0.6) is 0 Å². The fourth-order valence-electron chi connectivity index (χ4n) is 4.27. The van der Waals surface area contributed by atoms with E-state index in [-0.39, 0.29) is 11.5 Å². The first-order valence-corrected chi connectivity index (χ1v) is 12.0. The van der Waals surface area contributed by atoms with Crippen molar-refractivity contribution in [3.8, 4) is 0 Å². The first kappa shape index (κ1) is 18.9. The first-order valence-electron chi connectivity index (χ1n) is 10.2. The van der Waals surface area contributed by atoms with Crippen LogP contribution in [-0.4, -0.2) is 27.8 Å². The number of thiophene rings is 1. The van der Waals surface area contributed by atoms with Gasteiger partial charge in [-0.25, -0.2) is 4.98 Å². The summed E-state index contributed by atoms with van der Waals surface area (Å²) in [4.78, 5) is 36.0. The van der Waals surface area contributed by atoms with E-state index in [1.54, 1.807) is 11.8 Å². The molecular formula is C22H23N3O2S2. The van der Waals surface area contributed by atoms with Gasteiger partial charge in [0.15, 0.2) is 0 Å². The Balaban J connectivity index is 1.63. The minimum atomic E-state index is -0.0138. The molecule has 0 aliphatic carbocycles. The Morgan fingerprint density at radius 1 is 1.10 bits per heavy atom. The Labute approximate surface area is 177 Å². The third-order valence-electron chi connectivity index (χ3n) is 5.79. The fourth-order valence-corrected chi connectivity index (χ4v) is 6.41. The third-order valence-corrected chi connectivity index (χ3v) is 8.11. The summed E-state index contributed by atoms with van der Waals surface area (Å²) < 4.78 is 1.83. The third kappa shape index (κ3) is 3.20. The zero-order valence-corrected chi connectivity index (χ0v) is 18.1. The lowest BCUT2D eigenvalue weighted by molar-refractivity contribution is 0.0990. The van der Waals surface area contributed by atoms with Gasteiger partial charge in [0.05, 0.1) is 16.0 Å². The van der Waals surface area contributed by atoms with Gasteiger partial charge >= 0.3 is 0 Å². The number of aryl methyl sites for hydroxylation is 2. The van der Waals surface area contributed by atoms with E-state index < -0.39 is 0 Å². The molecule has 7 heteroatoms. The molecule has 4 heterocycles. The van der Waals surface area contributed by atoms with Crippen LogP contribution < -0.4 is 10.5 Å². The molecule has 1 amide bonds. The summed E-state index contributed by atoms with van der Waals surface area (Å²) in [6.45, 7) is 3.32. The average Bonchev–Trinajstić information content (AvgIpc) is 2.90. The Morgan fingerprint density at radius 2 is 1.97 bits per heavy atom. The van der Waals surface area contributed by atoms with Gasteiger partial charge in [-0.2, -0.15) is 0 Å². The summed E-state index contributed by atoms with van der Waals surface area (Å²) in [6, 6.07) is 8.09. The highest BCUT2D eigenvalue weighted by Crippen LogP contribution is 2.36. The molecule has 5 rings (SSSR count). The molecule has 0 fully saturated rings. The van der Waals surface area contributed by atoms with E-state index in [0.29, 0.717) is 21.6 Å². The zero-order chi connectivity index (χ0) is 20.0. The summed E-state index contributed by atoms with van der Waals surface area (Å²) in [5, 5.41) is 0.626. The van der Waals surface area contributed by atoms with Crippen LogP contribution in [0.1, 0.15) is 46.7 Å². The molecule has 0 unspecified atom stereocenters. The number of hydrogen-bond acceptors (Lipinski definition) is 5. The highest BCUT2D eigenvalue weighted by Gasteiger charge is 2.28. The van der Waals surface area contributed by atoms with Crippen LogP contribution in [0.2, 0.25) is 0 Å². The van der Waals surface area contributed by atoms with Crippen molar-refractivity contribution in [2.75, 3.05) is 17.2 Å². The van der Waals surface area contributed by atoms with Crippen LogP contribution in [0.15, 0.2) is 34.0 Å². The number of benzene rings is 1. The summed E-state index contributed by atoms with van der Waals surface area (Å²) in [5.41, 5.74) is 1.77. The van der Waals surface area contributed by atoms with E-state index in [1.807, 2.05) is 34.6 Å². The zero-order valence-electron chi connectivity index (χ0n) is 16.4. The van der Waals surface area contributed by atoms with Crippen molar-refractivity contribution < 1.29 is 4.79 Å². The van der Waals surface area contributed by atoms with Crippen molar-refractivity contribution in [3.05, 3.63) is 50.9 Å². The largest absolute Gasteiger partial charge is 0.306 e. The van der Waals surface area contributed by atoms with Gasteiger partial charge in [0.25, 0.3) is 11.5 Å². The minimum absolute atomic E-state index is 0.0138. The van der Waals surface area contributed by atoms with Gasteiger partial charge in [-0.1, -0.05) is 18.6 Å². The normalized spacial score (nSPS) is 16.8. The van der Waals surface area contributed by atoms with E-state index in [9.17, 15) is 9.59 Å². The second kappa shape index (κ2) is 7.61. The van der Waals surface area contributed by atoms with Gasteiger partial charge < -0.3 is 4.90 Å². The van der Waals surface area contributed by atoms with Crippen molar-refractivity contribution >= 4 is 44.9 Å².